The molecule has 2 aliphatic rings. The molecule has 0 saturated heterocycles. The number of thiazole rings is 1. The van der Waals surface area contributed by atoms with Crippen LogP contribution in [0.3, 0.4) is 0 Å². The molecular weight excluding hydrogens is 589 g/mol. The first kappa shape index (κ1) is 30.1. The third-order valence-corrected chi connectivity index (χ3v) is 9.72. The normalized spacial score (nSPS) is 17.1. The van der Waals surface area contributed by atoms with Crippen LogP contribution in [0.25, 0.3) is 23.1 Å². The minimum atomic E-state index is -4.87. The summed E-state index contributed by atoms with van der Waals surface area (Å²) >= 11 is 6.24. The predicted molar refractivity (Wildman–Crippen MR) is 159 cm³/mol. The van der Waals surface area contributed by atoms with E-state index in [0.29, 0.717) is 12.0 Å². The zero-order valence-electron chi connectivity index (χ0n) is 23.6. The van der Waals surface area contributed by atoms with Crippen LogP contribution in [-0.2, 0) is 28.3 Å². The summed E-state index contributed by atoms with van der Waals surface area (Å²) in [6.07, 6.45) is -1.09. The van der Waals surface area contributed by atoms with Gasteiger partial charge >= 0.3 is 17.8 Å². The van der Waals surface area contributed by atoms with Gasteiger partial charge in [0.25, 0.3) is 0 Å². The van der Waals surface area contributed by atoms with Crippen molar-refractivity contribution in [2.75, 3.05) is 18.0 Å². The van der Waals surface area contributed by atoms with E-state index in [9.17, 15) is 27.9 Å². The second-order valence-electron chi connectivity index (χ2n) is 12.1. The number of carboxylic acids is 1. The second kappa shape index (κ2) is 10.4. The number of alkyl halides is 3. The molecule has 2 aromatic heterocycles. The Labute approximate surface area is 249 Å². The third kappa shape index (κ3) is 5.20. The van der Waals surface area contributed by atoms with E-state index in [2.05, 4.69) is 10.6 Å². The summed E-state index contributed by atoms with van der Waals surface area (Å²) in [6.45, 7) is 9.71. The quantitative estimate of drug-likeness (QED) is 0.168. The lowest BCUT2D eigenvalue weighted by atomic mass is 9.69. The zero-order chi connectivity index (χ0) is 30.8. The van der Waals surface area contributed by atoms with Crippen molar-refractivity contribution in [1.29, 1.82) is 0 Å². The molecule has 0 unspecified atom stereocenters. The smallest absolute Gasteiger partial charge is 0.417 e. The van der Waals surface area contributed by atoms with Gasteiger partial charge < -0.3 is 19.5 Å². The van der Waals surface area contributed by atoms with Gasteiger partial charge in [0.1, 0.15) is 5.58 Å². The predicted octanol–water partition coefficient (Wildman–Crippen LogP) is 7.47. The highest BCUT2D eigenvalue weighted by atomic mass is 32.1. The number of carbonyl (C=O) groups is 1. The molecule has 4 heterocycles. The number of hydrogen-bond donors (Lipinski definition) is 2. The minimum Gasteiger partial charge on any atom is -0.493 e. The molecule has 224 valence electrons. The molecule has 0 aliphatic carbocycles. The number of carboxylic acid groups (broad SMARTS) is 1. The summed E-state index contributed by atoms with van der Waals surface area (Å²) in [5.41, 5.74) is 1.12. The molecule has 0 bridgehead atoms. The largest absolute Gasteiger partial charge is 0.493 e. The van der Waals surface area contributed by atoms with Gasteiger partial charge in [-0.2, -0.15) is 13.2 Å². The zero-order valence-corrected chi connectivity index (χ0v) is 25.3. The highest BCUT2D eigenvalue weighted by Gasteiger charge is 2.45. The maximum absolute atomic E-state index is 14.8. The topological polar surface area (TPSA) is 95.9 Å². The summed E-state index contributed by atoms with van der Waals surface area (Å²) in [5.74, 6) is -1.24. The Morgan fingerprint density at radius 2 is 1.86 bits per heavy atom. The molecule has 12 heteroatoms. The molecule has 0 radical (unpaired) electrons. The number of aromatic hydroxyl groups is 1. The monoisotopic (exact) mass is 620 g/mol. The summed E-state index contributed by atoms with van der Waals surface area (Å²) in [7, 11) is 0. The van der Waals surface area contributed by atoms with Crippen molar-refractivity contribution < 1.29 is 32.6 Å². The summed E-state index contributed by atoms with van der Waals surface area (Å²) in [6, 6.07) is 1.54. The van der Waals surface area contributed by atoms with Gasteiger partial charge in [-0.15, -0.1) is 17.1 Å². The Bertz CT molecular complexity index is 1790. The van der Waals surface area contributed by atoms with Crippen molar-refractivity contribution in [2.45, 2.75) is 76.9 Å². The summed E-state index contributed by atoms with van der Waals surface area (Å²) in [4.78, 5) is 26.4. The maximum Gasteiger partial charge on any atom is 0.417 e. The van der Waals surface area contributed by atoms with Crippen LogP contribution >= 0.6 is 23.6 Å². The molecule has 2 aliphatic heterocycles. The number of aromatic nitrogens is 1. The standard InChI is InChI=1S/C30H31F3N2O5S2/c1-28(2)10-13-34-14-11-29(3,4)22-23(34)18(28)15-17-21(30(31,32)33)16(26(39)40-24(17)22)7-5-8-19-25(38)35(27(41)42-19)12-6-9-20(36)37/h7-8,15,38H,6,9-14H2,1-4H3,(H,36,37). The van der Waals surface area contributed by atoms with Crippen LogP contribution < -0.4 is 10.5 Å². The first-order valence-corrected chi connectivity index (χ1v) is 14.8. The average Bonchev–Trinajstić information content (AvgIpc) is 3.13. The molecule has 0 saturated carbocycles. The molecule has 2 N–H and O–H groups in total. The number of rotatable bonds is 6. The van der Waals surface area contributed by atoms with Gasteiger partial charge in [0.15, 0.2) is 3.95 Å². The fourth-order valence-corrected chi connectivity index (χ4v) is 7.22. The molecule has 7 nitrogen and oxygen atoms in total. The number of halogens is 3. The number of benzene rings is 1. The lowest BCUT2D eigenvalue weighted by molar-refractivity contribution is -0.137. The van der Waals surface area contributed by atoms with Crippen molar-refractivity contribution in [1.82, 2.24) is 4.57 Å². The Hall–Kier alpha value is -3.34. The first-order valence-electron chi connectivity index (χ1n) is 13.6. The fraction of sp³-hybridized carbons (Fsp3) is 0.467. The highest BCUT2D eigenvalue weighted by Crippen LogP contribution is 2.53. The lowest BCUT2D eigenvalue weighted by Crippen LogP contribution is -2.45. The van der Waals surface area contributed by atoms with E-state index in [4.69, 9.17) is 21.7 Å². The average molecular weight is 621 g/mol. The van der Waals surface area contributed by atoms with Crippen LogP contribution in [0.4, 0.5) is 18.9 Å². The van der Waals surface area contributed by atoms with E-state index in [-0.39, 0.29) is 50.5 Å². The van der Waals surface area contributed by atoms with Gasteiger partial charge in [-0.25, -0.2) is 4.79 Å². The van der Waals surface area contributed by atoms with Crippen molar-refractivity contribution in [2.24, 2.45) is 0 Å². The lowest BCUT2D eigenvalue weighted by Gasteiger charge is -2.48. The van der Waals surface area contributed by atoms with E-state index < -0.39 is 34.3 Å². The molecule has 0 amide bonds. The Morgan fingerprint density at radius 3 is 2.50 bits per heavy atom. The molecule has 0 fully saturated rings. The van der Waals surface area contributed by atoms with Gasteiger partial charge in [0.05, 0.1) is 16.0 Å². The van der Waals surface area contributed by atoms with Crippen LogP contribution in [0.2, 0.25) is 0 Å². The van der Waals surface area contributed by atoms with Gasteiger partial charge in [-0.1, -0.05) is 27.7 Å². The fourth-order valence-electron chi connectivity index (χ4n) is 5.97. The van der Waals surface area contributed by atoms with Crippen LogP contribution in [0.1, 0.15) is 80.5 Å². The van der Waals surface area contributed by atoms with E-state index in [1.54, 1.807) is 6.07 Å². The summed E-state index contributed by atoms with van der Waals surface area (Å²) in [5, 5.41) is 19.3. The molecule has 42 heavy (non-hydrogen) atoms. The van der Waals surface area contributed by atoms with Gasteiger partial charge in [-0.05, 0) is 60.0 Å². The van der Waals surface area contributed by atoms with Crippen molar-refractivity contribution >= 4 is 58.3 Å². The Kier molecular flexibility index (Phi) is 7.48. The molecule has 5 rings (SSSR count). The number of aliphatic carboxylic acids is 1. The van der Waals surface area contributed by atoms with Crippen molar-refractivity contribution in [3.8, 4) is 5.88 Å². The Balaban J connectivity index is 1.70. The number of hydrogen-bond acceptors (Lipinski definition) is 7. The van der Waals surface area contributed by atoms with E-state index in [1.807, 2.05) is 27.7 Å². The minimum absolute atomic E-state index is 0.0337. The first-order chi connectivity index (χ1) is 19.5. The maximum atomic E-state index is 14.8. The molecular formula is C30H31F3N2O5S2. The number of nitrogens with zero attached hydrogens (tertiary/aromatic N) is 2. The third-order valence-electron chi connectivity index (χ3n) is 8.33. The van der Waals surface area contributed by atoms with Crippen LogP contribution in [-0.4, -0.2) is 33.8 Å². The van der Waals surface area contributed by atoms with Crippen molar-refractivity contribution in [3.63, 3.8) is 0 Å². The molecule has 3 aromatic rings. The highest BCUT2D eigenvalue weighted by molar-refractivity contribution is 7.73. The number of anilines is 1. The van der Waals surface area contributed by atoms with Crippen molar-refractivity contribution in [3.05, 3.63) is 53.3 Å². The van der Waals surface area contributed by atoms with E-state index >= 15 is 0 Å². The molecule has 0 atom stereocenters. The number of fused-ring (bicyclic) bond motifs is 2. The van der Waals surface area contributed by atoms with Crippen LogP contribution in [0.5, 0.6) is 5.88 Å². The van der Waals surface area contributed by atoms with Crippen LogP contribution in [0.15, 0.2) is 21.0 Å². The van der Waals surface area contributed by atoms with E-state index in [0.717, 1.165) is 48.2 Å². The SMILES string of the molecule is CC1(C)CCN2CCC(C)(C)c3c2c1cc1c(C(F)(F)F)c(C=C=Cc2sc(=S)n(CCCC(=O)O)c2O)c(=O)oc31. The second-order valence-corrected chi connectivity index (χ2v) is 13.8. The van der Waals surface area contributed by atoms with Gasteiger partial charge in [0, 0.05) is 48.8 Å². The molecule has 0 spiro atoms. The van der Waals surface area contributed by atoms with Crippen LogP contribution in [0, 0.1) is 3.95 Å². The van der Waals surface area contributed by atoms with Gasteiger partial charge in [-0.3, -0.25) is 9.36 Å². The van der Waals surface area contributed by atoms with Gasteiger partial charge in [0.2, 0.25) is 5.88 Å². The van der Waals surface area contributed by atoms with E-state index in [1.165, 1.54) is 10.6 Å². The molecule has 1 aromatic carbocycles. The summed E-state index contributed by atoms with van der Waals surface area (Å²) < 4.78 is 51.8. The Morgan fingerprint density at radius 1 is 1.19 bits per heavy atom.